The van der Waals surface area contributed by atoms with Crippen molar-refractivity contribution in [3.63, 3.8) is 0 Å². The lowest BCUT2D eigenvalue weighted by Crippen LogP contribution is -2.05. The third-order valence-electron chi connectivity index (χ3n) is 2.25. The van der Waals surface area contributed by atoms with Crippen molar-refractivity contribution in [1.82, 2.24) is 4.98 Å². The SMILES string of the molecule is CC(=O)Nc1ccc2cc(C(F)(F)F)[nH]c2c1. The molecule has 90 valence electrons. The van der Waals surface area contributed by atoms with Crippen molar-refractivity contribution in [1.29, 1.82) is 0 Å². The molecule has 6 heteroatoms. The molecule has 0 bridgehead atoms. The Hall–Kier alpha value is -1.98. The Bertz CT molecular complexity index is 572. The number of alkyl halides is 3. The smallest absolute Gasteiger partial charge is 0.351 e. The highest BCUT2D eigenvalue weighted by atomic mass is 19.4. The molecule has 0 saturated heterocycles. The first-order chi connectivity index (χ1) is 7.86. The third-order valence-corrected chi connectivity index (χ3v) is 2.25. The van der Waals surface area contributed by atoms with Crippen LogP contribution in [0, 0.1) is 0 Å². The highest BCUT2D eigenvalue weighted by Gasteiger charge is 2.32. The fourth-order valence-electron chi connectivity index (χ4n) is 1.56. The lowest BCUT2D eigenvalue weighted by molar-refractivity contribution is -0.140. The van der Waals surface area contributed by atoms with Gasteiger partial charge in [-0.15, -0.1) is 0 Å². The molecule has 2 N–H and O–H groups in total. The number of anilines is 1. The first-order valence-corrected chi connectivity index (χ1v) is 4.84. The van der Waals surface area contributed by atoms with Gasteiger partial charge in [-0.1, -0.05) is 6.07 Å². The lowest BCUT2D eigenvalue weighted by atomic mass is 10.2. The van der Waals surface area contributed by atoms with Crippen LogP contribution in [0.5, 0.6) is 0 Å². The predicted octanol–water partition coefficient (Wildman–Crippen LogP) is 3.15. The van der Waals surface area contributed by atoms with Crippen molar-refractivity contribution >= 4 is 22.5 Å². The normalized spacial score (nSPS) is 11.8. The largest absolute Gasteiger partial charge is 0.431 e. The molecule has 0 fully saturated rings. The number of hydrogen-bond acceptors (Lipinski definition) is 1. The van der Waals surface area contributed by atoms with Crippen LogP contribution in [0.1, 0.15) is 12.6 Å². The molecule has 0 radical (unpaired) electrons. The minimum Gasteiger partial charge on any atom is -0.351 e. The van der Waals surface area contributed by atoms with E-state index in [0.717, 1.165) is 6.07 Å². The molecule has 0 aliphatic heterocycles. The monoisotopic (exact) mass is 242 g/mol. The number of benzene rings is 1. The summed E-state index contributed by atoms with van der Waals surface area (Å²) in [6.45, 7) is 1.33. The zero-order chi connectivity index (χ0) is 12.6. The number of carbonyl (C=O) groups excluding carboxylic acids is 1. The summed E-state index contributed by atoms with van der Waals surface area (Å²) in [6, 6.07) is 5.57. The van der Waals surface area contributed by atoms with Gasteiger partial charge in [-0.05, 0) is 18.2 Å². The van der Waals surface area contributed by atoms with Crippen LogP contribution in [-0.2, 0) is 11.0 Å². The van der Waals surface area contributed by atoms with Gasteiger partial charge in [0, 0.05) is 23.5 Å². The van der Waals surface area contributed by atoms with E-state index in [1.807, 2.05) is 0 Å². The molecular formula is C11H9F3N2O. The van der Waals surface area contributed by atoms with Gasteiger partial charge >= 0.3 is 6.18 Å². The molecule has 0 saturated carbocycles. The summed E-state index contributed by atoms with van der Waals surface area (Å²) in [5, 5.41) is 2.96. The van der Waals surface area contributed by atoms with Crippen molar-refractivity contribution in [2.45, 2.75) is 13.1 Å². The number of aromatic nitrogens is 1. The van der Waals surface area contributed by atoms with Crippen LogP contribution < -0.4 is 5.32 Å². The van der Waals surface area contributed by atoms with Crippen LogP contribution in [0.15, 0.2) is 24.3 Å². The standard InChI is InChI=1S/C11H9F3N2O/c1-6(17)15-8-3-2-7-4-10(11(12,13)14)16-9(7)5-8/h2-5,16H,1H3,(H,15,17). The fraction of sp³-hybridized carbons (Fsp3) is 0.182. The Labute approximate surface area is 94.6 Å². The van der Waals surface area contributed by atoms with Crippen molar-refractivity contribution in [3.05, 3.63) is 30.0 Å². The number of hydrogen-bond donors (Lipinski definition) is 2. The van der Waals surface area contributed by atoms with E-state index in [9.17, 15) is 18.0 Å². The second-order valence-corrected chi connectivity index (χ2v) is 3.66. The summed E-state index contributed by atoms with van der Waals surface area (Å²) in [6.07, 6.45) is -4.40. The van der Waals surface area contributed by atoms with E-state index in [2.05, 4.69) is 10.3 Å². The maximum Gasteiger partial charge on any atom is 0.431 e. The van der Waals surface area contributed by atoms with Gasteiger partial charge in [0.2, 0.25) is 5.91 Å². The van der Waals surface area contributed by atoms with Crippen LogP contribution in [0.25, 0.3) is 10.9 Å². The van der Waals surface area contributed by atoms with E-state index in [0.29, 0.717) is 16.6 Å². The zero-order valence-electron chi connectivity index (χ0n) is 8.85. The van der Waals surface area contributed by atoms with E-state index < -0.39 is 11.9 Å². The molecule has 2 aromatic rings. The Morgan fingerprint density at radius 2 is 2.00 bits per heavy atom. The Morgan fingerprint density at radius 1 is 1.29 bits per heavy atom. The fourth-order valence-corrected chi connectivity index (χ4v) is 1.56. The summed E-state index contributed by atoms with van der Waals surface area (Å²) >= 11 is 0. The summed E-state index contributed by atoms with van der Waals surface area (Å²) in [7, 11) is 0. The second-order valence-electron chi connectivity index (χ2n) is 3.66. The number of rotatable bonds is 1. The molecule has 2 rings (SSSR count). The quantitative estimate of drug-likeness (QED) is 0.792. The zero-order valence-corrected chi connectivity index (χ0v) is 8.85. The Balaban J connectivity index is 2.44. The molecule has 1 amide bonds. The number of nitrogens with one attached hydrogen (secondary N) is 2. The highest BCUT2D eigenvalue weighted by molar-refractivity contribution is 5.92. The van der Waals surface area contributed by atoms with Gasteiger partial charge in [0.25, 0.3) is 0 Å². The van der Waals surface area contributed by atoms with Crippen LogP contribution in [0.3, 0.4) is 0 Å². The van der Waals surface area contributed by atoms with E-state index >= 15 is 0 Å². The number of fused-ring (bicyclic) bond motifs is 1. The minimum absolute atomic E-state index is 0.271. The minimum atomic E-state index is -4.40. The summed E-state index contributed by atoms with van der Waals surface area (Å²) in [5.41, 5.74) is -0.00313. The van der Waals surface area contributed by atoms with Crippen LogP contribution in [0.4, 0.5) is 18.9 Å². The van der Waals surface area contributed by atoms with Gasteiger partial charge in [0.15, 0.2) is 0 Å². The Kier molecular flexibility index (Phi) is 2.57. The molecule has 0 atom stereocenters. The van der Waals surface area contributed by atoms with Gasteiger partial charge in [-0.3, -0.25) is 4.79 Å². The first kappa shape index (κ1) is 11.5. The van der Waals surface area contributed by atoms with Crippen LogP contribution in [-0.4, -0.2) is 10.9 Å². The second kappa shape index (κ2) is 3.80. The van der Waals surface area contributed by atoms with Gasteiger partial charge < -0.3 is 10.3 Å². The number of aromatic amines is 1. The molecule has 0 aliphatic carbocycles. The topological polar surface area (TPSA) is 44.9 Å². The maximum absolute atomic E-state index is 12.4. The van der Waals surface area contributed by atoms with Gasteiger partial charge in [-0.25, -0.2) is 0 Å². The molecule has 17 heavy (non-hydrogen) atoms. The first-order valence-electron chi connectivity index (χ1n) is 4.84. The molecular weight excluding hydrogens is 233 g/mol. The van der Waals surface area contributed by atoms with Crippen molar-refractivity contribution < 1.29 is 18.0 Å². The van der Waals surface area contributed by atoms with Gasteiger partial charge in [-0.2, -0.15) is 13.2 Å². The molecule has 0 unspecified atom stereocenters. The van der Waals surface area contributed by atoms with Gasteiger partial charge in [0.05, 0.1) is 0 Å². The molecule has 3 nitrogen and oxygen atoms in total. The molecule has 1 aromatic heterocycles. The van der Waals surface area contributed by atoms with E-state index in [-0.39, 0.29) is 5.91 Å². The maximum atomic E-state index is 12.4. The third kappa shape index (κ3) is 2.41. The lowest BCUT2D eigenvalue weighted by Gasteiger charge is -2.01. The average Bonchev–Trinajstić information content (AvgIpc) is 2.58. The number of H-pyrrole nitrogens is 1. The van der Waals surface area contributed by atoms with E-state index in [1.54, 1.807) is 6.07 Å². The highest BCUT2D eigenvalue weighted by Crippen LogP contribution is 2.31. The Morgan fingerprint density at radius 3 is 2.59 bits per heavy atom. The molecule has 0 spiro atoms. The summed E-state index contributed by atoms with van der Waals surface area (Å²) in [5.74, 6) is -0.271. The molecule has 1 heterocycles. The predicted molar refractivity (Wildman–Crippen MR) is 57.6 cm³/mol. The summed E-state index contributed by atoms with van der Waals surface area (Å²) < 4.78 is 37.3. The van der Waals surface area contributed by atoms with E-state index in [4.69, 9.17) is 0 Å². The number of amides is 1. The van der Waals surface area contributed by atoms with E-state index in [1.165, 1.54) is 19.1 Å². The average molecular weight is 242 g/mol. The van der Waals surface area contributed by atoms with Crippen molar-refractivity contribution in [2.24, 2.45) is 0 Å². The van der Waals surface area contributed by atoms with Gasteiger partial charge in [0.1, 0.15) is 5.69 Å². The molecule has 0 aliphatic rings. The molecule has 1 aromatic carbocycles. The van der Waals surface area contributed by atoms with Crippen LogP contribution >= 0.6 is 0 Å². The van der Waals surface area contributed by atoms with Crippen molar-refractivity contribution in [2.75, 3.05) is 5.32 Å². The number of halogens is 3. The number of carbonyl (C=O) groups is 1. The summed E-state index contributed by atoms with van der Waals surface area (Å²) in [4.78, 5) is 13.1. The van der Waals surface area contributed by atoms with Crippen LogP contribution in [0.2, 0.25) is 0 Å². The van der Waals surface area contributed by atoms with Crippen molar-refractivity contribution in [3.8, 4) is 0 Å².